The minimum absolute atomic E-state index is 0.283. The highest BCUT2D eigenvalue weighted by Crippen LogP contribution is 2.37. The Bertz CT molecular complexity index is 710. The van der Waals surface area contributed by atoms with Crippen molar-refractivity contribution in [3.8, 4) is 0 Å². The number of carbonyl (C=O) groups is 1. The molecule has 2 rings (SSSR count). The van der Waals surface area contributed by atoms with Gasteiger partial charge in [-0.25, -0.2) is 0 Å². The van der Waals surface area contributed by atoms with E-state index in [1.165, 1.54) is 10.6 Å². The second-order valence-electron chi connectivity index (χ2n) is 9.11. The third-order valence-electron chi connectivity index (χ3n) is 6.86. The molecule has 0 aliphatic rings. The van der Waals surface area contributed by atoms with Gasteiger partial charge in [-0.05, 0) is 38.8 Å². The number of quaternary nitrogens is 1. The van der Waals surface area contributed by atoms with Crippen LogP contribution in [0.4, 0.5) is 0 Å². The predicted octanol–water partition coefficient (Wildman–Crippen LogP) is 5.68. The molecule has 0 fully saturated rings. The minimum atomic E-state index is -0.814. The molecule has 1 radical (unpaired) electrons. The molecule has 0 aromatic heterocycles. The van der Waals surface area contributed by atoms with E-state index in [2.05, 4.69) is 48.6 Å². The summed E-state index contributed by atoms with van der Waals surface area (Å²) in [6, 6.07) is 20.9. The Morgan fingerprint density at radius 2 is 1.26 bits per heavy atom. The monoisotopic (exact) mass is 438 g/mol. The Balaban J connectivity index is 0.000000861. The first-order valence-electron chi connectivity index (χ1n) is 11.7. The topological polar surface area (TPSA) is 43.1 Å². The van der Waals surface area contributed by atoms with Gasteiger partial charge in [0.25, 0.3) is 0 Å². The molecule has 0 saturated carbocycles. The average Bonchev–Trinajstić information content (AvgIpc) is 2.76. The zero-order valence-corrected chi connectivity index (χ0v) is 21.9. The van der Waals surface area contributed by atoms with Crippen LogP contribution in [0.5, 0.6) is 0 Å². The third kappa shape index (κ3) is 6.94. The number of carbonyl (C=O) groups excluding carboxylic acids is 1. The van der Waals surface area contributed by atoms with E-state index in [1.807, 2.05) is 60.7 Å². The maximum Gasteiger partial charge on any atom is 0.232 e. The van der Waals surface area contributed by atoms with Gasteiger partial charge < -0.3 is 10.2 Å². The van der Waals surface area contributed by atoms with E-state index in [1.54, 1.807) is 0 Å². The van der Waals surface area contributed by atoms with Gasteiger partial charge in [-0.1, -0.05) is 74.5 Å². The lowest BCUT2D eigenvalue weighted by molar-refractivity contribution is -0.949. The van der Waals surface area contributed by atoms with Crippen LogP contribution in [-0.4, -0.2) is 51.3 Å². The van der Waals surface area contributed by atoms with Gasteiger partial charge in [0.2, 0.25) is 5.91 Å². The van der Waals surface area contributed by atoms with Crippen LogP contribution in [0, 0.1) is 0 Å². The Hall–Kier alpha value is -1.60. The van der Waals surface area contributed by atoms with Crippen molar-refractivity contribution < 1.29 is 9.28 Å². The van der Waals surface area contributed by atoms with E-state index in [9.17, 15) is 4.79 Å². The quantitative estimate of drug-likeness (QED) is 0.376. The highest BCUT2D eigenvalue weighted by molar-refractivity contribution is 6.34. The van der Waals surface area contributed by atoms with Gasteiger partial charge >= 0.3 is 0 Å². The van der Waals surface area contributed by atoms with Crippen molar-refractivity contribution >= 4 is 21.1 Å². The van der Waals surface area contributed by atoms with Crippen LogP contribution in [0.2, 0.25) is 10.6 Å². The van der Waals surface area contributed by atoms with Gasteiger partial charge in [-0.15, -0.1) is 10.6 Å². The molecule has 2 N–H and O–H groups in total. The van der Waals surface area contributed by atoms with Gasteiger partial charge in [0.05, 0.1) is 25.7 Å². The molecule has 31 heavy (non-hydrogen) atoms. The van der Waals surface area contributed by atoms with Crippen molar-refractivity contribution in [3.63, 3.8) is 0 Å². The standard InChI is InChI=1S/C23H32N2O.2C2H5.Al/c1-18(2)25(5,19(3)4)17-16-23(22(24)26,20-12-8-6-9-13-20)21-14-10-7-11-15-21;2*1-2;/h6-15,18-19H,16-17H2,1-5H3,(H-,24,26);2*1H2,2H3;/p+1. The van der Waals surface area contributed by atoms with Gasteiger partial charge in [0.15, 0.2) is 15.2 Å². The van der Waals surface area contributed by atoms with Crippen LogP contribution < -0.4 is 5.73 Å². The van der Waals surface area contributed by atoms with Crippen molar-refractivity contribution in [1.82, 2.24) is 0 Å². The summed E-state index contributed by atoms with van der Waals surface area (Å²) in [6.45, 7) is 14.4. The van der Waals surface area contributed by atoms with Gasteiger partial charge in [-0.3, -0.25) is 4.79 Å². The SMILES string of the molecule is CC(C)[N+](C)(CCC(C(N)=O)(c1ccccc1)c1ccccc1)C(C)C.C[CH2][Al][CH2]C. The third-order valence-corrected chi connectivity index (χ3v) is 8.01. The molecule has 2 aromatic rings. The van der Waals surface area contributed by atoms with Crippen LogP contribution in [-0.2, 0) is 10.2 Å². The summed E-state index contributed by atoms with van der Waals surface area (Å²) in [7, 11) is 2.27. The number of benzene rings is 2. The first-order chi connectivity index (χ1) is 14.7. The van der Waals surface area contributed by atoms with Crippen LogP contribution in [0.15, 0.2) is 60.7 Å². The molecule has 0 bridgehead atoms. The van der Waals surface area contributed by atoms with E-state index in [4.69, 9.17) is 5.73 Å². The smallest absolute Gasteiger partial charge is 0.232 e. The summed E-state index contributed by atoms with van der Waals surface area (Å²) < 4.78 is 0.898. The lowest BCUT2D eigenvalue weighted by Crippen LogP contribution is -2.57. The van der Waals surface area contributed by atoms with Gasteiger partial charge in [0.1, 0.15) is 5.41 Å². The second kappa shape index (κ2) is 13.1. The normalized spacial score (nSPS) is 11.8. The van der Waals surface area contributed by atoms with Crippen molar-refractivity contribution in [1.29, 1.82) is 0 Å². The van der Waals surface area contributed by atoms with Crippen LogP contribution in [0.1, 0.15) is 59.1 Å². The molecule has 169 valence electrons. The number of hydrogen-bond donors (Lipinski definition) is 1. The fourth-order valence-electron chi connectivity index (χ4n) is 4.12. The Kier molecular flexibility index (Phi) is 11.6. The summed E-state index contributed by atoms with van der Waals surface area (Å²) in [5.74, 6) is -0.283. The van der Waals surface area contributed by atoms with E-state index < -0.39 is 5.41 Å². The number of nitrogens with two attached hydrogens (primary N) is 1. The predicted molar refractivity (Wildman–Crippen MR) is 136 cm³/mol. The van der Waals surface area contributed by atoms with E-state index in [0.717, 1.165) is 37.4 Å². The van der Waals surface area contributed by atoms with Crippen molar-refractivity contribution in [2.75, 3.05) is 13.6 Å². The molecule has 0 atom stereocenters. The molecule has 0 saturated heterocycles. The number of amides is 1. The molecule has 0 heterocycles. The average molecular weight is 439 g/mol. The second-order valence-corrected chi connectivity index (χ2v) is 11.3. The number of hydrogen-bond acceptors (Lipinski definition) is 1. The van der Waals surface area contributed by atoms with Crippen LogP contribution >= 0.6 is 0 Å². The molecule has 1 amide bonds. The highest BCUT2D eigenvalue weighted by atomic mass is 27.1. The van der Waals surface area contributed by atoms with Crippen LogP contribution in [0.3, 0.4) is 0 Å². The van der Waals surface area contributed by atoms with E-state index >= 15 is 0 Å². The molecule has 0 spiro atoms. The molecule has 2 aromatic carbocycles. The zero-order valence-electron chi connectivity index (χ0n) is 20.8. The molecule has 0 aliphatic carbocycles. The molecular weight excluding hydrogens is 395 g/mol. The lowest BCUT2D eigenvalue weighted by atomic mass is 9.71. The van der Waals surface area contributed by atoms with Crippen molar-refractivity contribution in [3.05, 3.63) is 71.8 Å². The lowest BCUT2D eigenvalue weighted by Gasteiger charge is -2.45. The minimum Gasteiger partial charge on any atom is -0.369 e. The largest absolute Gasteiger partial charge is 0.369 e. The Morgan fingerprint density at radius 1 is 0.871 bits per heavy atom. The summed E-state index contributed by atoms with van der Waals surface area (Å²) in [4.78, 5) is 12.9. The molecule has 0 aliphatic heterocycles. The van der Waals surface area contributed by atoms with Crippen LogP contribution in [0.25, 0.3) is 0 Å². The van der Waals surface area contributed by atoms with Gasteiger partial charge in [0, 0.05) is 6.42 Å². The molecule has 4 heteroatoms. The molecular formula is C27H43AlN2O+. The zero-order chi connectivity index (χ0) is 23.5. The maximum atomic E-state index is 12.9. The summed E-state index contributed by atoms with van der Waals surface area (Å²) in [6.07, 6.45) is 0.684. The first-order valence-corrected chi connectivity index (χ1v) is 13.4. The Labute approximate surface area is 197 Å². The molecule has 0 unspecified atom stereocenters. The maximum absolute atomic E-state index is 12.9. The van der Waals surface area contributed by atoms with Gasteiger partial charge in [-0.2, -0.15) is 0 Å². The summed E-state index contributed by atoms with van der Waals surface area (Å²) in [5.41, 5.74) is 7.20. The summed E-state index contributed by atoms with van der Waals surface area (Å²) >= 11 is 0.815. The number of primary amides is 1. The number of rotatable bonds is 10. The fraction of sp³-hybridized carbons (Fsp3) is 0.519. The fourth-order valence-corrected chi connectivity index (χ4v) is 4.70. The first kappa shape index (κ1) is 27.4. The van der Waals surface area contributed by atoms with Crippen molar-refractivity contribution in [2.24, 2.45) is 5.73 Å². The molecule has 3 nitrogen and oxygen atoms in total. The van der Waals surface area contributed by atoms with Crippen molar-refractivity contribution in [2.45, 2.75) is 76.0 Å². The highest BCUT2D eigenvalue weighted by Gasteiger charge is 2.43. The number of nitrogens with zero attached hydrogens (tertiary/aromatic N) is 1. The van der Waals surface area contributed by atoms with E-state index in [0.29, 0.717) is 18.5 Å². The van der Waals surface area contributed by atoms with E-state index in [-0.39, 0.29) is 5.91 Å². The summed E-state index contributed by atoms with van der Waals surface area (Å²) in [5, 5.41) is 2.85. The Morgan fingerprint density at radius 3 is 1.52 bits per heavy atom.